The number of hydrogen-bond donors (Lipinski definition) is 2. The largest absolute Gasteiger partial charge is 0.368 e. The number of para-hydroxylation sites is 2. The number of nitrogens with one attached hydrogen (secondary N) is 2. The molecule has 0 bridgehead atoms. The van der Waals surface area contributed by atoms with Crippen LogP contribution in [0.3, 0.4) is 0 Å². The topological polar surface area (TPSA) is 49.8 Å². The second-order valence-corrected chi connectivity index (χ2v) is 6.06. The van der Waals surface area contributed by atoms with Gasteiger partial charge in [-0.2, -0.15) is 0 Å². The summed E-state index contributed by atoms with van der Waals surface area (Å²) in [5.74, 6) is 0.920. The lowest BCUT2D eigenvalue weighted by Crippen LogP contribution is -2.39. The molecule has 1 saturated heterocycles. The zero-order chi connectivity index (χ0) is 14.0. The maximum Gasteiger partial charge on any atom is 0.148 e. The maximum atomic E-state index is 4.70. The lowest BCUT2D eigenvalue weighted by molar-refractivity contribution is 0.247. The number of fused-ring (bicyclic) bond motifs is 1. The first-order chi connectivity index (χ1) is 9.66. The summed E-state index contributed by atoms with van der Waals surface area (Å²) >= 11 is 0. The van der Waals surface area contributed by atoms with E-state index < -0.39 is 0 Å². The van der Waals surface area contributed by atoms with Crippen LogP contribution >= 0.6 is 0 Å². The first-order valence-corrected chi connectivity index (χ1v) is 7.34. The van der Waals surface area contributed by atoms with E-state index in [9.17, 15) is 0 Å². The van der Waals surface area contributed by atoms with Gasteiger partial charge in [0.1, 0.15) is 5.82 Å². The van der Waals surface area contributed by atoms with Crippen LogP contribution in [0, 0.1) is 12.3 Å². The van der Waals surface area contributed by atoms with Crippen molar-refractivity contribution in [2.45, 2.75) is 26.7 Å². The number of benzene rings is 1. The molecule has 106 valence electrons. The summed E-state index contributed by atoms with van der Waals surface area (Å²) in [5, 5.41) is 6.93. The van der Waals surface area contributed by atoms with Gasteiger partial charge in [0, 0.05) is 6.54 Å². The van der Waals surface area contributed by atoms with Crippen molar-refractivity contribution in [1.82, 2.24) is 15.3 Å². The maximum absolute atomic E-state index is 4.70. The van der Waals surface area contributed by atoms with E-state index in [4.69, 9.17) is 4.98 Å². The quantitative estimate of drug-likeness (QED) is 0.900. The highest BCUT2D eigenvalue weighted by Crippen LogP contribution is 2.28. The van der Waals surface area contributed by atoms with Crippen molar-refractivity contribution in [2.24, 2.45) is 5.41 Å². The third-order valence-corrected chi connectivity index (χ3v) is 4.24. The van der Waals surface area contributed by atoms with Gasteiger partial charge in [0.2, 0.25) is 0 Å². The Kier molecular flexibility index (Phi) is 3.57. The van der Waals surface area contributed by atoms with E-state index in [2.05, 4.69) is 22.5 Å². The van der Waals surface area contributed by atoms with Crippen molar-refractivity contribution in [3.8, 4) is 0 Å². The van der Waals surface area contributed by atoms with Crippen molar-refractivity contribution in [3.63, 3.8) is 0 Å². The van der Waals surface area contributed by atoms with E-state index in [1.807, 2.05) is 31.2 Å². The van der Waals surface area contributed by atoms with Crippen LogP contribution in [0.1, 0.15) is 25.5 Å². The van der Waals surface area contributed by atoms with Gasteiger partial charge < -0.3 is 10.6 Å². The molecule has 0 unspecified atom stereocenters. The molecule has 4 nitrogen and oxygen atoms in total. The number of anilines is 1. The molecule has 20 heavy (non-hydrogen) atoms. The lowest BCUT2D eigenvalue weighted by Gasteiger charge is -2.34. The Morgan fingerprint density at radius 1 is 1.15 bits per heavy atom. The first-order valence-electron chi connectivity index (χ1n) is 7.34. The summed E-state index contributed by atoms with van der Waals surface area (Å²) < 4.78 is 0. The van der Waals surface area contributed by atoms with E-state index in [1.54, 1.807) is 0 Å². The molecule has 4 heteroatoms. The Morgan fingerprint density at radius 2 is 1.80 bits per heavy atom. The van der Waals surface area contributed by atoms with Crippen LogP contribution in [-0.2, 0) is 0 Å². The molecule has 1 aliphatic rings. The highest BCUT2D eigenvalue weighted by Gasteiger charge is 2.26. The second kappa shape index (κ2) is 5.37. The molecule has 1 aromatic carbocycles. The number of nitrogens with zero attached hydrogens (tertiary/aromatic N) is 2. The minimum Gasteiger partial charge on any atom is -0.368 e. The van der Waals surface area contributed by atoms with Gasteiger partial charge in [-0.05, 0) is 50.4 Å². The van der Waals surface area contributed by atoms with Crippen molar-refractivity contribution in [2.75, 3.05) is 25.0 Å². The molecule has 0 aliphatic carbocycles. The van der Waals surface area contributed by atoms with Gasteiger partial charge in [0.05, 0.1) is 16.7 Å². The average Bonchev–Trinajstić information content (AvgIpc) is 2.46. The molecule has 1 fully saturated rings. The molecule has 0 spiro atoms. The highest BCUT2D eigenvalue weighted by molar-refractivity contribution is 5.76. The number of aryl methyl sites for hydroxylation is 1. The van der Waals surface area contributed by atoms with Gasteiger partial charge >= 0.3 is 0 Å². The standard InChI is InChI=1S/C16H22N4/c1-12-15(18-11-16(2)7-9-17-10-8-16)20-14-6-4-3-5-13(14)19-12/h3-6,17H,7-11H2,1-2H3,(H,18,20). The van der Waals surface area contributed by atoms with Gasteiger partial charge in [-0.25, -0.2) is 9.97 Å². The molecule has 1 aromatic heterocycles. The van der Waals surface area contributed by atoms with Gasteiger partial charge in [-0.1, -0.05) is 19.1 Å². The summed E-state index contributed by atoms with van der Waals surface area (Å²) in [7, 11) is 0. The monoisotopic (exact) mass is 270 g/mol. The summed E-state index contributed by atoms with van der Waals surface area (Å²) in [6, 6.07) is 8.02. The predicted molar refractivity (Wildman–Crippen MR) is 83.0 cm³/mol. The van der Waals surface area contributed by atoms with Crippen LogP contribution in [-0.4, -0.2) is 29.6 Å². The molecule has 2 aromatic rings. The number of piperidine rings is 1. The minimum atomic E-state index is 0.352. The molecule has 2 heterocycles. The van der Waals surface area contributed by atoms with Crippen molar-refractivity contribution in [3.05, 3.63) is 30.0 Å². The van der Waals surface area contributed by atoms with Gasteiger partial charge in [-0.15, -0.1) is 0 Å². The van der Waals surface area contributed by atoms with Crippen LogP contribution in [0.25, 0.3) is 11.0 Å². The Bertz CT molecular complexity index is 602. The molecule has 0 atom stereocenters. The fourth-order valence-corrected chi connectivity index (χ4v) is 2.76. The number of aromatic nitrogens is 2. The summed E-state index contributed by atoms with van der Waals surface area (Å²) in [4.78, 5) is 9.33. The summed E-state index contributed by atoms with van der Waals surface area (Å²) in [6.45, 7) is 7.56. The number of hydrogen-bond acceptors (Lipinski definition) is 4. The Balaban J connectivity index is 1.78. The summed E-state index contributed by atoms with van der Waals surface area (Å²) in [6.07, 6.45) is 2.42. The van der Waals surface area contributed by atoms with E-state index in [0.717, 1.165) is 42.2 Å². The van der Waals surface area contributed by atoms with Gasteiger partial charge in [0.25, 0.3) is 0 Å². The van der Waals surface area contributed by atoms with Crippen LogP contribution in [0.4, 0.5) is 5.82 Å². The average molecular weight is 270 g/mol. The Hall–Kier alpha value is -1.68. The van der Waals surface area contributed by atoms with Crippen molar-refractivity contribution >= 4 is 16.9 Å². The predicted octanol–water partition coefficient (Wildman–Crippen LogP) is 2.74. The first kappa shape index (κ1) is 13.3. The normalized spacial score (nSPS) is 18.1. The third-order valence-electron chi connectivity index (χ3n) is 4.24. The van der Waals surface area contributed by atoms with E-state index >= 15 is 0 Å². The molecular formula is C16H22N4. The molecular weight excluding hydrogens is 248 g/mol. The third kappa shape index (κ3) is 2.75. The Morgan fingerprint density at radius 3 is 2.50 bits per heavy atom. The van der Waals surface area contributed by atoms with Crippen molar-refractivity contribution < 1.29 is 0 Å². The minimum absolute atomic E-state index is 0.352. The SMILES string of the molecule is Cc1nc2ccccc2nc1NCC1(C)CCNCC1. The highest BCUT2D eigenvalue weighted by atomic mass is 15.0. The molecule has 1 aliphatic heterocycles. The Labute approximate surface area is 120 Å². The van der Waals surface area contributed by atoms with E-state index in [-0.39, 0.29) is 0 Å². The molecule has 0 saturated carbocycles. The zero-order valence-electron chi connectivity index (χ0n) is 12.2. The fraction of sp³-hybridized carbons (Fsp3) is 0.500. The van der Waals surface area contributed by atoms with Gasteiger partial charge in [-0.3, -0.25) is 0 Å². The smallest absolute Gasteiger partial charge is 0.148 e. The van der Waals surface area contributed by atoms with Crippen LogP contribution in [0.2, 0.25) is 0 Å². The lowest BCUT2D eigenvalue weighted by atomic mass is 9.81. The molecule has 0 amide bonds. The molecule has 2 N–H and O–H groups in total. The number of rotatable bonds is 3. The fourth-order valence-electron chi connectivity index (χ4n) is 2.76. The van der Waals surface area contributed by atoms with Crippen LogP contribution < -0.4 is 10.6 Å². The van der Waals surface area contributed by atoms with Crippen LogP contribution in [0.15, 0.2) is 24.3 Å². The van der Waals surface area contributed by atoms with Crippen molar-refractivity contribution in [1.29, 1.82) is 0 Å². The van der Waals surface area contributed by atoms with E-state index in [0.29, 0.717) is 5.41 Å². The van der Waals surface area contributed by atoms with Gasteiger partial charge in [0.15, 0.2) is 0 Å². The van der Waals surface area contributed by atoms with E-state index in [1.165, 1.54) is 12.8 Å². The van der Waals surface area contributed by atoms with Crippen LogP contribution in [0.5, 0.6) is 0 Å². The molecule has 0 radical (unpaired) electrons. The second-order valence-electron chi connectivity index (χ2n) is 6.06. The molecule has 3 rings (SSSR count). The summed E-state index contributed by atoms with van der Waals surface area (Å²) in [5.41, 5.74) is 3.24. The zero-order valence-corrected chi connectivity index (χ0v) is 12.2.